The van der Waals surface area contributed by atoms with Gasteiger partial charge in [0.15, 0.2) is 5.82 Å². The maximum atomic E-state index is 13.2. The van der Waals surface area contributed by atoms with Crippen LogP contribution in [0.3, 0.4) is 0 Å². The molecular formula is C11H12FN4. The van der Waals surface area contributed by atoms with E-state index in [4.69, 9.17) is 0 Å². The monoisotopic (exact) mass is 219 g/mol. The van der Waals surface area contributed by atoms with E-state index in [0.717, 1.165) is 5.56 Å². The van der Waals surface area contributed by atoms with Crippen LogP contribution in [0.25, 0.3) is 0 Å². The van der Waals surface area contributed by atoms with Gasteiger partial charge in [0.1, 0.15) is 5.82 Å². The van der Waals surface area contributed by atoms with E-state index < -0.39 is 0 Å². The SMILES string of the molecule is [CH2]c1c(F)cccc1CNc1cnn(C)n1. The summed E-state index contributed by atoms with van der Waals surface area (Å²) in [5.74, 6) is 0.365. The second kappa shape index (κ2) is 4.30. The molecule has 16 heavy (non-hydrogen) atoms. The van der Waals surface area contributed by atoms with Crippen LogP contribution in [0.4, 0.5) is 10.2 Å². The molecule has 0 bridgehead atoms. The van der Waals surface area contributed by atoms with Crippen LogP contribution in [0.2, 0.25) is 0 Å². The van der Waals surface area contributed by atoms with Gasteiger partial charge in [-0.3, -0.25) is 0 Å². The summed E-state index contributed by atoms with van der Waals surface area (Å²) in [6, 6.07) is 4.89. The molecule has 2 aromatic rings. The van der Waals surface area contributed by atoms with Crippen molar-refractivity contribution < 1.29 is 4.39 Å². The summed E-state index contributed by atoms with van der Waals surface area (Å²) in [4.78, 5) is 1.46. The molecule has 0 spiro atoms. The Labute approximate surface area is 93.1 Å². The molecule has 5 heteroatoms. The molecule has 1 heterocycles. The number of anilines is 1. The van der Waals surface area contributed by atoms with Crippen LogP contribution in [0.15, 0.2) is 24.4 Å². The Morgan fingerprint density at radius 1 is 1.50 bits per heavy atom. The molecule has 0 unspecified atom stereocenters. The standard InChI is InChI=1S/C11H12FN4/c1-8-9(4-3-5-10(8)12)6-13-11-7-14-16(2)15-11/h3-5,7H,1,6H2,2H3,(H,13,15). The zero-order valence-electron chi connectivity index (χ0n) is 8.94. The molecular weight excluding hydrogens is 207 g/mol. The van der Waals surface area contributed by atoms with Crippen molar-refractivity contribution >= 4 is 5.82 Å². The lowest BCUT2D eigenvalue weighted by Crippen LogP contribution is -2.03. The molecule has 0 amide bonds. The van der Waals surface area contributed by atoms with Gasteiger partial charge in [0, 0.05) is 13.6 Å². The van der Waals surface area contributed by atoms with Gasteiger partial charge in [-0.2, -0.15) is 9.90 Å². The number of hydrogen-bond donors (Lipinski definition) is 1. The Bertz CT molecular complexity index is 492. The first kappa shape index (κ1) is 10.6. The summed E-state index contributed by atoms with van der Waals surface area (Å²) >= 11 is 0. The van der Waals surface area contributed by atoms with E-state index in [1.807, 2.05) is 6.07 Å². The van der Waals surface area contributed by atoms with Crippen molar-refractivity contribution in [2.75, 3.05) is 5.32 Å². The second-order valence-electron chi connectivity index (χ2n) is 3.45. The normalized spacial score (nSPS) is 10.4. The predicted molar refractivity (Wildman–Crippen MR) is 59.2 cm³/mol. The molecule has 1 aromatic carbocycles. The van der Waals surface area contributed by atoms with Gasteiger partial charge >= 0.3 is 0 Å². The Morgan fingerprint density at radius 3 is 3.00 bits per heavy atom. The average molecular weight is 219 g/mol. The lowest BCUT2D eigenvalue weighted by atomic mass is 10.1. The number of aromatic nitrogens is 3. The third-order valence-electron chi connectivity index (χ3n) is 2.28. The van der Waals surface area contributed by atoms with E-state index in [1.54, 1.807) is 19.3 Å². The van der Waals surface area contributed by atoms with Gasteiger partial charge < -0.3 is 5.32 Å². The molecule has 2 rings (SSSR count). The molecule has 0 aliphatic rings. The van der Waals surface area contributed by atoms with E-state index in [9.17, 15) is 4.39 Å². The van der Waals surface area contributed by atoms with Crippen LogP contribution < -0.4 is 5.32 Å². The third-order valence-corrected chi connectivity index (χ3v) is 2.28. The highest BCUT2D eigenvalue weighted by atomic mass is 19.1. The fourth-order valence-corrected chi connectivity index (χ4v) is 1.38. The lowest BCUT2D eigenvalue weighted by Gasteiger charge is -2.06. The first-order valence-electron chi connectivity index (χ1n) is 4.86. The van der Waals surface area contributed by atoms with Crippen LogP contribution >= 0.6 is 0 Å². The summed E-state index contributed by atoms with van der Waals surface area (Å²) in [5.41, 5.74) is 1.23. The van der Waals surface area contributed by atoms with Crippen molar-refractivity contribution in [3.8, 4) is 0 Å². The minimum atomic E-state index is -0.293. The van der Waals surface area contributed by atoms with Crippen molar-refractivity contribution in [1.29, 1.82) is 0 Å². The summed E-state index contributed by atoms with van der Waals surface area (Å²) in [5, 5.41) is 11.0. The Kier molecular flexibility index (Phi) is 2.85. The molecule has 0 saturated heterocycles. The van der Waals surface area contributed by atoms with E-state index in [2.05, 4.69) is 22.4 Å². The fourth-order valence-electron chi connectivity index (χ4n) is 1.38. The predicted octanol–water partition coefficient (Wildman–Crippen LogP) is 1.75. The molecule has 1 radical (unpaired) electrons. The Morgan fingerprint density at radius 2 is 2.31 bits per heavy atom. The minimum Gasteiger partial charge on any atom is -0.363 e. The Balaban J connectivity index is 2.07. The number of hydrogen-bond acceptors (Lipinski definition) is 3. The smallest absolute Gasteiger partial charge is 0.168 e. The van der Waals surface area contributed by atoms with Gasteiger partial charge in [0.25, 0.3) is 0 Å². The number of rotatable bonds is 3. The van der Waals surface area contributed by atoms with Gasteiger partial charge in [-0.15, -0.1) is 5.10 Å². The number of benzene rings is 1. The summed E-state index contributed by atoms with van der Waals surface area (Å²) in [6.45, 7) is 4.16. The van der Waals surface area contributed by atoms with Gasteiger partial charge in [-0.25, -0.2) is 4.39 Å². The van der Waals surface area contributed by atoms with Crippen molar-refractivity contribution in [2.45, 2.75) is 6.54 Å². The number of aryl methyl sites for hydroxylation is 1. The molecule has 0 aliphatic heterocycles. The van der Waals surface area contributed by atoms with Gasteiger partial charge in [0.2, 0.25) is 0 Å². The van der Waals surface area contributed by atoms with Crippen LogP contribution in [-0.4, -0.2) is 15.0 Å². The van der Waals surface area contributed by atoms with Crippen LogP contribution in [-0.2, 0) is 13.6 Å². The summed E-state index contributed by atoms with van der Waals surface area (Å²) in [6.07, 6.45) is 1.61. The molecule has 0 atom stereocenters. The van der Waals surface area contributed by atoms with Crippen LogP contribution in [0.5, 0.6) is 0 Å². The summed E-state index contributed by atoms with van der Waals surface area (Å²) in [7, 11) is 1.74. The zero-order chi connectivity index (χ0) is 11.5. The van der Waals surface area contributed by atoms with Crippen molar-refractivity contribution in [2.24, 2.45) is 7.05 Å². The van der Waals surface area contributed by atoms with Gasteiger partial charge in [-0.1, -0.05) is 12.1 Å². The van der Waals surface area contributed by atoms with Crippen LogP contribution in [0.1, 0.15) is 11.1 Å². The quantitative estimate of drug-likeness (QED) is 0.855. The molecule has 0 fully saturated rings. The topological polar surface area (TPSA) is 42.7 Å². The molecule has 4 nitrogen and oxygen atoms in total. The summed E-state index contributed by atoms with van der Waals surface area (Å²) < 4.78 is 13.2. The molecule has 0 aliphatic carbocycles. The van der Waals surface area contributed by atoms with Crippen molar-refractivity contribution in [3.05, 3.63) is 48.3 Å². The average Bonchev–Trinajstić information content (AvgIpc) is 2.67. The minimum absolute atomic E-state index is 0.293. The number of nitrogens with zero attached hydrogens (tertiary/aromatic N) is 3. The van der Waals surface area contributed by atoms with Gasteiger partial charge in [0.05, 0.1) is 6.20 Å². The van der Waals surface area contributed by atoms with Crippen molar-refractivity contribution in [1.82, 2.24) is 15.0 Å². The fraction of sp³-hybridized carbons (Fsp3) is 0.182. The Hall–Kier alpha value is -1.91. The van der Waals surface area contributed by atoms with Crippen LogP contribution in [0, 0.1) is 12.7 Å². The molecule has 1 aromatic heterocycles. The first-order valence-corrected chi connectivity index (χ1v) is 4.86. The largest absolute Gasteiger partial charge is 0.363 e. The highest BCUT2D eigenvalue weighted by molar-refractivity contribution is 5.36. The zero-order valence-corrected chi connectivity index (χ0v) is 8.94. The van der Waals surface area contributed by atoms with E-state index in [-0.39, 0.29) is 5.82 Å². The van der Waals surface area contributed by atoms with E-state index in [1.165, 1.54) is 10.9 Å². The molecule has 1 N–H and O–H groups in total. The highest BCUT2D eigenvalue weighted by Gasteiger charge is 2.04. The maximum Gasteiger partial charge on any atom is 0.168 e. The number of halogens is 1. The first-order chi connectivity index (χ1) is 7.66. The second-order valence-corrected chi connectivity index (χ2v) is 3.45. The third kappa shape index (κ3) is 2.18. The van der Waals surface area contributed by atoms with E-state index >= 15 is 0 Å². The maximum absolute atomic E-state index is 13.2. The number of nitrogens with one attached hydrogen (secondary N) is 1. The highest BCUT2D eigenvalue weighted by Crippen LogP contribution is 2.13. The van der Waals surface area contributed by atoms with E-state index in [0.29, 0.717) is 17.9 Å². The molecule has 0 saturated carbocycles. The molecule has 83 valence electrons. The van der Waals surface area contributed by atoms with Gasteiger partial charge in [-0.05, 0) is 24.1 Å². The lowest BCUT2D eigenvalue weighted by molar-refractivity contribution is 0.620. The van der Waals surface area contributed by atoms with Crippen molar-refractivity contribution in [3.63, 3.8) is 0 Å².